The topological polar surface area (TPSA) is 76.2 Å². The van der Waals surface area contributed by atoms with Crippen LogP contribution >= 0.6 is 23.1 Å². The van der Waals surface area contributed by atoms with Crippen LogP contribution in [0.1, 0.15) is 17.9 Å². The highest BCUT2D eigenvalue weighted by atomic mass is 32.2. The molecule has 0 saturated carbocycles. The van der Waals surface area contributed by atoms with Gasteiger partial charge in [0.15, 0.2) is 0 Å². The third-order valence-corrected chi connectivity index (χ3v) is 4.71. The Morgan fingerprint density at radius 3 is 2.75 bits per heavy atom. The van der Waals surface area contributed by atoms with Gasteiger partial charge in [-0.3, -0.25) is 4.79 Å². The van der Waals surface area contributed by atoms with Gasteiger partial charge < -0.3 is 9.63 Å². The average Bonchev–Trinajstić information content (AvgIpc) is 3.26. The summed E-state index contributed by atoms with van der Waals surface area (Å²) in [6.45, 7) is 0. The molecule has 0 unspecified atom stereocenters. The second-order valence-electron chi connectivity index (χ2n) is 4.95. The van der Waals surface area contributed by atoms with Crippen molar-refractivity contribution >= 4 is 40.7 Å². The lowest BCUT2D eigenvalue weighted by Gasteiger charge is -2.01. The lowest BCUT2D eigenvalue weighted by Crippen LogP contribution is -1.97. The van der Waals surface area contributed by atoms with Crippen LogP contribution in [0.4, 0.5) is 0 Å². The summed E-state index contributed by atoms with van der Waals surface area (Å²) < 4.78 is 5.28. The monoisotopic (exact) mass is 358 g/mol. The third-order valence-electron chi connectivity index (χ3n) is 3.28. The molecular formula is C17H14N2O3S2. The van der Waals surface area contributed by atoms with E-state index in [1.165, 1.54) is 11.3 Å². The van der Waals surface area contributed by atoms with Crippen LogP contribution in [0.15, 0.2) is 50.5 Å². The molecular weight excluding hydrogens is 344 g/mol. The Hall–Kier alpha value is -2.38. The number of rotatable bonds is 6. The number of hydrogen-bond acceptors (Lipinski definition) is 6. The summed E-state index contributed by atoms with van der Waals surface area (Å²) in [7, 11) is 0. The molecule has 0 saturated heterocycles. The molecule has 0 fully saturated rings. The van der Waals surface area contributed by atoms with Crippen molar-refractivity contribution in [2.24, 2.45) is 0 Å². The number of carbonyl (C=O) groups is 1. The van der Waals surface area contributed by atoms with Gasteiger partial charge in [-0.25, -0.2) is 0 Å². The van der Waals surface area contributed by atoms with Crippen molar-refractivity contribution in [1.29, 1.82) is 0 Å². The highest BCUT2D eigenvalue weighted by Gasteiger charge is 2.16. The van der Waals surface area contributed by atoms with E-state index >= 15 is 0 Å². The first kappa shape index (κ1) is 16.5. The van der Waals surface area contributed by atoms with E-state index in [1.54, 1.807) is 17.8 Å². The maximum atomic E-state index is 11.2. The Morgan fingerprint density at radius 1 is 1.33 bits per heavy atom. The average molecular weight is 358 g/mol. The zero-order valence-corrected chi connectivity index (χ0v) is 14.4. The fourth-order valence-corrected chi connectivity index (χ4v) is 3.16. The first-order valence-electron chi connectivity index (χ1n) is 7.09. The lowest BCUT2D eigenvalue weighted by atomic mass is 10.1. The number of nitrogens with zero attached hydrogens (tertiary/aromatic N) is 2. The zero-order chi connectivity index (χ0) is 16.9. The smallest absolute Gasteiger partial charge is 0.308 e. The largest absolute Gasteiger partial charge is 0.481 e. The van der Waals surface area contributed by atoms with E-state index in [-0.39, 0.29) is 12.3 Å². The molecule has 5 nitrogen and oxygen atoms in total. The minimum absolute atomic E-state index is 0.185. The molecule has 2 aromatic heterocycles. The molecule has 24 heavy (non-hydrogen) atoms. The molecule has 0 aliphatic rings. The SMILES string of the molecule is CSc1ccc(/C=C(\CC(=O)O)c2nc(-c3ccsc3)no2)cc1. The zero-order valence-electron chi connectivity index (χ0n) is 12.8. The van der Waals surface area contributed by atoms with E-state index in [0.29, 0.717) is 11.4 Å². The number of aromatic nitrogens is 2. The number of aliphatic carboxylic acids is 1. The van der Waals surface area contributed by atoms with Crippen molar-refractivity contribution in [3.05, 3.63) is 52.5 Å². The Morgan fingerprint density at radius 2 is 2.12 bits per heavy atom. The van der Waals surface area contributed by atoms with Crippen LogP contribution in [0.5, 0.6) is 0 Å². The summed E-state index contributed by atoms with van der Waals surface area (Å²) in [6.07, 6.45) is 3.59. The number of thioether (sulfide) groups is 1. The predicted octanol–water partition coefficient (Wildman–Crippen LogP) is 4.54. The quantitative estimate of drug-likeness (QED) is 0.652. The lowest BCUT2D eigenvalue weighted by molar-refractivity contribution is -0.135. The molecule has 0 spiro atoms. The van der Waals surface area contributed by atoms with E-state index in [4.69, 9.17) is 9.63 Å². The summed E-state index contributed by atoms with van der Waals surface area (Å²) in [5, 5.41) is 16.9. The molecule has 2 heterocycles. The van der Waals surface area contributed by atoms with Gasteiger partial charge in [-0.1, -0.05) is 17.3 Å². The predicted molar refractivity (Wildman–Crippen MR) is 96.0 cm³/mol. The van der Waals surface area contributed by atoms with Gasteiger partial charge in [-0.05, 0) is 41.5 Å². The molecule has 0 amide bonds. The van der Waals surface area contributed by atoms with Crippen LogP contribution in [0.2, 0.25) is 0 Å². The van der Waals surface area contributed by atoms with Gasteiger partial charge in [0.2, 0.25) is 5.82 Å². The Balaban J connectivity index is 1.93. The molecule has 0 radical (unpaired) electrons. The summed E-state index contributed by atoms with van der Waals surface area (Å²) in [4.78, 5) is 16.6. The number of benzene rings is 1. The van der Waals surface area contributed by atoms with E-state index in [2.05, 4.69) is 10.1 Å². The van der Waals surface area contributed by atoms with E-state index in [0.717, 1.165) is 16.0 Å². The van der Waals surface area contributed by atoms with Crippen LogP contribution in [0.3, 0.4) is 0 Å². The van der Waals surface area contributed by atoms with Crippen molar-refractivity contribution < 1.29 is 14.4 Å². The van der Waals surface area contributed by atoms with Crippen molar-refractivity contribution in [2.45, 2.75) is 11.3 Å². The maximum absolute atomic E-state index is 11.2. The Labute approximate surface area is 147 Å². The highest BCUT2D eigenvalue weighted by molar-refractivity contribution is 7.98. The van der Waals surface area contributed by atoms with Crippen LogP contribution < -0.4 is 0 Å². The van der Waals surface area contributed by atoms with Crippen LogP contribution in [-0.4, -0.2) is 27.5 Å². The third kappa shape index (κ3) is 3.93. The van der Waals surface area contributed by atoms with Gasteiger partial charge in [0.25, 0.3) is 5.89 Å². The van der Waals surface area contributed by atoms with E-state index < -0.39 is 5.97 Å². The van der Waals surface area contributed by atoms with Crippen molar-refractivity contribution in [3.63, 3.8) is 0 Å². The standard InChI is InChI=1S/C17H14N2O3S2/c1-23-14-4-2-11(3-5-14)8-13(9-15(20)21)17-18-16(19-22-17)12-6-7-24-10-12/h2-8,10H,9H2,1H3,(H,20,21)/b13-8+. The summed E-state index contributed by atoms with van der Waals surface area (Å²) >= 11 is 3.19. The molecule has 1 aromatic carbocycles. The Bertz CT molecular complexity index is 852. The molecule has 3 rings (SSSR count). The maximum Gasteiger partial charge on any atom is 0.308 e. The van der Waals surface area contributed by atoms with Gasteiger partial charge >= 0.3 is 5.97 Å². The molecule has 7 heteroatoms. The van der Waals surface area contributed by atoms with Gasteiger partial charge in [-0.2, -0.15) is 16.3 Å². The number of carboxylic acid groups (broad SMARTS) is 1. The molecule has 0 aliphatic carbocycles. The van der Waals surface area contributed by atoms with Crippen molar-refractivity contribution in [3.8, 4) is 11.4 Å². The summed E-state index contributed by atoms with van der Waals surface area (Å²) in [5.74, 6) is -0.259. The fraction of sp³-hybridized carbons (Fsp3) is 0.118. The molecule has 1 N–H and O–H groups in total. The van der Waals surface area contributed by atoms with Crippen molar-refractivity contribution in [1.82, 2.24) is 10.1 Å². The van der Waals surface area contributed by atoms with Gasteiger partial charge in [0, 0.05) is 21.4 Å². The molecule has 122 valence electrons. The number of hydrogen-bond donors (Lipinski definition) is 1. The van der Waals surface area contributed by atoms with Gasteiger partial charge in [-0.15, -0.1) is 11.8 Å². The van der Waals surface area contributed by atoms with Crippen LogP contribution in [0, 0.1) is 0 Å². The first-order valence-corrected chi connectivity index (χ1v) is 9.25. The normalized spacial score (nSPS) is 11.6. The summed E-state index contributed by atoms with van der Waals surface area (Å²) in [5.41, 5.74) is 2.22. The number of thiophene rings is 1. The van der Waals surface area contributed by atoms with Crippen LogP contribution in [0.25, 0.3) is 23.0 Å². The Kier molecular flexibility index (Phi) is 5.12. The first-order chi connectivity index (χ1) is 11.7. The highest BCUT2D eigenvalue weighted by Crippen LogP contribution is 2.25. The molecule has 0 bridgehead atoms. The second kappa shape index (κ2) is 7.46. The minimum Gasteiger partial charge on any atom is -0.481 e. The van der Waals surface area contributed by atoms with E-state index in [1.807, 2.05) is 47.3 Å². The van der Waals surface area contributed by atoms with E-state index in [9.17, 15) is 4.79 Å². The molecule has 0 atom stereocenters. The minimum atomic E-state index is -0.947. The second-order valence-corrected chi connectivity index (χ2v) is 6.61. The fourth-order valence-electron chi connectivity index (χ4n) is 2.12. The number of carboxylic acids is 1. The van der Waals surface area contributed by atoms with Crippen molar-refractivity contribution in [2.75, 3.05) is 6.26 Å². The molecule has 3 aromatic rings. The van der Waals surface area contributed by atoms with Gasteiger partial charge in [0.1, 0.15) is 0 Å². The van der Waals surface area contributed by atoms with Gasteiger partial charge in [0.05, 0.1) is 6.42 Å². The molecule has 0 aliphatic heterocycles. The summed E-state index contributed by atoms with van der Waals surface area (Å²) in [6, 6.07) is 9.73. The van der Waals surface area contributed by atoms with Crippen LogP contribution in [-0.2, 0) is 4.79 Å².